The second kappa shape index (κ2) is 6.47. The van der Waals surface area contributed by atoms with E-state index in [1.165, 1.54) is 56.2 Å². The third-order valence-electron chi connectivity index (χ3n) is 3.24. The Labute approximate surface area is 98.7 Å². The molecule has 0 saturated carbocycles. The van der Waals surface area contributed by atoms with E-state index in [1.54, 1.807) is 0 Å². The van der Waals surface area contributed by atoms with Gasteiger partial charge in [-0.1, -0.05) is 24.3 Å². The summed E-state index contributed by atoms with van der Waals surface area (Å²) in [6.45, 7) is 0. The molecule has 16 heavy (non-hydrogen) atoms. The summed E-state index contributed by atoms with van der Waals surface area (Å²) in [5, 5.41) is 0. The molecule has 1 heterocycles. The maximum atomic E-state index is 4.61. The van der Waals surface area contributed by atoms with Crippen molar-refractivity contribution >= 4 is 5.71 Å². The summed E-state index contributed by atoms with van der Waals surface area (Å²) in [4.78, 5) is 4.61. The molecule has 0 N–H and O–H groups in total. The fraction of sp³-hybridized carbons (Fsp3) is 0.533. The smallest absolute Gasteiger partial charge is 0.0435 e. The van der Waals surface area contributed by atoms with E-state index in [1.807, 2.05) is 6.20 Å². The van der Waals surface area contributed by atoms with Gasteiger partial charge in [-0.3, -0.25) is 4.99 Å². The minimum atomic E-state index is 1.16. The Balaban J connectivity index is 2.13. The lowest BCUT2D eigenvalue weighted by molar-refractivity contribution is 0.738. The maximum Gasteiger partial charge on any atom is 0.0435 e. The third-order valence-corrected chi connectivity index (χ3v) is 3.24. The van der Waals surface area contributed by atoms with Crippen LogP contribution in [-0.4, -0.2) is 5.71 Å². The molecule has 0 saturated heterocycles. The van der Waals surface area contributed by atoms with Crippen LogP contribution in [0.4, 0.5) is 0 Å². The van der Waals surface area contributed by atoms with E-state index in [-0.39, 0.29) is 0 Å². The normalized spacial score (nSPS) is 33.0. The van der Waals surface area contributed by atoms with Crippen LogP contribution < -0.4 is 0 Å². The van der Waals surface area contributed by atoms with Gasteiger partial charge in [0.05, 0.1) is 0 Å². The standard InChI is InChI=1S/C15H21N/c1-2-6-10-14(11-7-3-1)15-12-8-4-5-9-13-16-15/h2,6,9-10,13H,1,3-5,7-8,11-12H2/b6-2-,13-9-,14-10+,16-15+. The first kappa shape index (κ1) is 11.4. The van der Waals surface area contributed by atoms with Gasteiger partial charge in [0.2, 0.25) is 0 Å². The molecule has 1 heteroatoms. The van der Waals surface area contributed by atoms with E-state index in [9.17, 15) is 0 Å². The monoisotopic (exact) mass is 215 g/mol. The Morgan fingerprint density at radius 2 is 1.69 bits per heavy atom. The molecule has 0 spiro atoms. The molecule has 86 valence electrons. The predicted octanol–water partition coefficient (Wildman–Crippen LogP) is 4.57. The summed E-state index contributed by atoms with van der Waals surface area (Å²) in [5.41, 5.74) is 2.78. The Hall–Kier alpha value is -1.11. The zero-order valence-corrected chi connectivity index (χ0v) is 9.99. The van der Waals surface area contributed by atoms with Gasteiger partial charge in [-0.25, -0.2) is 0 Å². The number of nitrogens with zero attached hydrogens (tertiary/aromatic N) is 1. The SMILES string of the molecule is C1=C/CCCCC(/C2=N/C=C\CCCC2)=C\1. The van der Waals surface area contributed by atoms with Crippen LogP contribution in [0.5, 0.6) is 0 Å². The van der Waals surface area contributed by atoms with Gasteiger partial charge in [0.25, 0.3) is 0 Å². The molecule has 2 rings (SSSR count). The van der Waals surface area contributed by atoms with Gasteiger partial charge in [0, 0.05) is 11.9 Å². The average molecular weight is 215 g/mol. The van der Waals surface area contributed by atoms with Gasteiger partial charge in [-0.05, 0) is 56.9 Å². The number of aliphatic imine (C=N–C) groups is 1. The number of rotatable bonds is 1. The molecule has 0 aromatic heterocycles. The summed E-state index contributed by atoms with van der Waals surface area (Å²) in [6.07, 6.45) is 20.9. The van der Waals surface area contributed by atoms with E-state index in [0.717, 1.165) is 6.42 Å². The Morgan fingerprint density at radius 1 is 0.875 bits per heavy atom. The van der Waals surface area contributed by atoms with Gasteiger partial charge in [0.15, 0.2) is 0 Å². The first-order valence-electron chi connectivity index (χ1n) is 6.54. The van der Waals surface area contributed by atoms with E-state index in [2.05, 4.69) is 29.3 Å². The fourth-order valence-electron chi connectivity index (χ4n) is 2.26. The maximum absolute atomic E-state index is 4.61. The van der Waals surface area contributed by atoms with Crippen LogP contribution in [0.15, 0.2) is 41.1 Å². The first-order chi connectivity index (χ1) is 7.97. The molecule has 0 bridgehead atoms. The lowest BCUT2D eigenvalue weighted by Crippen LogP contribution is -2.05. The number of hydrogen-bond acceptors (Lipinski definition) is 1. The lowest BCUT2D eigenvalue weighted by Gasteiger charge is -2.12. The van der Waals surface area contributed by atoms with Crippen molar-refractivity contribution in [2.75, 3.05) is 0 Å². The average Bonchev–Trinajstić information content (AvgIpc) is 2.18. The van der Waals surface area contributed by atoms with E-state index in [4.69, 9.17) is 0 Å². The molecular formula is C15H21N. The van der Waals surface area contributed by atoms with Crippen LogP contribution >= 0.6 is 0 Å². The Bertz CT molecular complexity index is 297. The Morgan fingerprint density at radius 3 is 2.62 bits per heavy atom. The summed E-state index contributed by atoms with van der Waals surface area (Å²) < 4.78 is 0. The van der Waals surface area contributed by atoms with Crippen molar-refractivity contribution in [1.29, 1.82) is 0 Å². The molecule has 0 unspecified atom stereocenters. The summed E-state index contributed by atoms with van der Waals surface area (Å²) in [6, 6.07) is 0. The predicted molar refractivity (Wildman–Crippen MR) is 70.7 cm³/mol. The van der Waals surface area contributed by atoms with Crippen LogP contribution in [0, 0.1) is 0 Å². The highest BCUT2D eigenvalue weighted by atomic mass is 14.7. The molecule has 0 atom stereocenters. The zero-order valence-electron chi connectivity index (χ0n) is 9.99. The molecule has 0 fully saturated rings. The lowest BCUT2D eigenvalue weighted by atomic mass is 9.96. The van der Waals surface area contributed by atoms with Crippen LogP contribution in [0.1, 0.15) is 51.4 Å². The molecule has 1 aliphatic carbocycles. The first-order valence-corrected chi connectivity index (χ1v) is 6.54. The van der Waals surface area contributed by atoms with Gasteiger partial charge in [-0.2, -0.15) is 0 Å². The summed E-state index contributed by atoms with van der Waals surface area (Å²) in [7, 11) is 0. The van der Waals surface area contributed by atoms with Crippen LogP contribution in [0.2, 0.25) is 0 Å². The minimum Gasteiger partial charge on any atom is -0.261 e. The van der Waals surface area contributed by atoms with Crippen molar-refractivity contribution in [3.8, 4) is 0 Å². The molecule has 0 amide bonds. The van der Waals surface area contributed by atoms with Crippen molar-refractivity contribution in [1.82, 2.24) is 0 Å². The second-order valence-electron chi connectivity index (χ2n) is 4.57. The Kier molecular flexibility index (Phi) is 4.60. The van der Waals surface area contributed by atoms with Crippen molar-refractivity contribution in [2.24, 2.45) is 4.99 Å². The summed E-state index contributed by atoms with van der Waals surface area (Å²) >= 11 is 0. The zero-order chi connectivity index (χ0) is 11.1. The molecular weight excluding hydrogens is 194 g/mol. The molecule has 1 aliphatic heterocycles. The highest BCUT2D eigenvalue weighted by Gasteiger charge is 2.08. The van der Waals surface area contributed by atoms with Gasteiger partial charge >= 0.3 is 0 Å². The van der Waals surface area contributed by atoms with Crippen molar-refractivity contribution < 1.29 is 0 Å². The molecule has 0 aromatic rings. The van der Waals surface area contributed by atoms with E-state index >= 15 is 0 Å². The minimum absolute atomic E-state index is 1.16. The highest BCUT2D eigenvalue weighted by molar-refractivity contribution is 6.00. The van der Waals surface area contributed by atoms with Crippen LogP contribution in [0.25, 0.3) is 0 Å². The molecule has 2 aliphatic rings. The summed E-state index contributed by atoms with van der Waals surface area (Å²) in [5.74, 6) is 0. The van der Waals surface area contributed by atoms with Crippen molar-refractivity contribution in [2.45, 2.75) is 51.4 Å². The quantitative estimate of drug-likeness (QED) is 0.607. The van der Waals surface area contributed by atoms with Gasteiger partial charge < -0.3 is 0 Å². The van der Waals surface area contributed by atoms with E-state index < -0.39 is 0 Å². The number of hydrogen-bond donors (Lipinski definition) is 0. The van der Waals surface area contributed by atoms with E-state index in [0.29, 0.717) is 0 Å². The molecule has 0 aromatic carbocycles. The largest absolute Gasteiger partial charge is 0.261 e. The fourth-order valence-corrected chi connectivity index (χ4v) is 2.26. The topological polar surface area (TPSA) is 12.4 Å². The molecule has 0 radical (unpaired) electrons. The van der Waals surface area contributed by atoms with Crippen molar-refractivity contribution in [3.63, 3.8) is 0 Å². The highest BCUT2D eigenvalue weighted by Crippen LogP contribution is 2.19. The van der Waals surface area contributed by atoms with Crippen LogP contribution in [-0.2, 0) is 0 Å². The third kappa shape index (κ3) is 3.48. The van der Waals surface area contributed by atoms with Crippen LogP contribution in [0.3, 0.4) is 0 Å². The van der Waals surface area contributed by atoms with Crippen molar-refractivity contribution in [3.05, 3.63) is 36.1 Å². The van der Waals surface area contributed by atoms with Gasteiger partial charge in [0.1, 0.15) is 0 Å². The molecule has 1 nitrogen and oxygen atoms in total. The number of allylic oxidation sites excluding steroid dienone is 5. The second-order valence-corrected chi connectivity index (χ2v) is 4.57. The van der Waals surface area contributed by atoms with Gasteiger partial charge in [-0.15, -0.1) is 0 Å².